The minimum atomic E-state index is -0.871. The Labute approximate surface area is 186 Å². The summed E-state index contributed by atoms with van der Waals surface area (Å²) in [5.74, 6) is -0.742. The van der Waals surface area contributed by atoms with E-state index in [1.807, 2.05) is 19.9 Å². The molecule has 0 saturated heterocycles. The van der Waals surface area contributed by atoms with E-state index in [0.717, 1.165) is 10.4 Å². The molecular formula is C22H20N4O5S. The van der Waals surface area contributed by atoms with E-state index in [1.54, 1.807) is 35.9 Å². The second-order valence-corrected chi connectivity index (χ2v) is 7.99. The fraction of sp³-hybridized carbons (Fsp3) is 0.227. The smallest absolute Gasteiger partial charge is 0.344 e. The van der Waals surface area contributed by atoms with Gasteiger partial charge in [-0.15, -0.1) is 0 Å². The van der Waals surface area contributed by atoms with Crippen LogP contribution >= 0.6 is 11.3 Å². The number of benzene rings is 1. The number of methoxy groups -OCH3 is 1. The molecule has 1 amide bonds. The van der Waals surface area contributed by atoms with Gasteiger partial charge in [0.25, 0.3) is 5.91 Å². The monoisotopic (exact) mass is 452 g/mol. The molecule has 0 unspecified atom stereocenters. The predicted molar refractivity (Wildman–Crippen MR) is 121 cm³/mol. The van der Waals surface area contributed by atoms with Crippen molar-refractivity contribution in [3.63, 3.8) is 0 Å². The van der Waals surface area contributed by atoms with Gasteiger partial charge in [-0.25, -0.2) is 14.8 Å². The number of rotatable bonds is 6. The molecule has 32 heavy (non-hydrogen) atoms. The molecule has 0 atom stereocenters. The first-order chi connectivity index (χ1) is 15.4. The molecular weight excluding hydrogens is 432 g/mol. The van der Waals surface area contributed by atoms with Gasteiger partial charge in [-0.3, -0.25) is 14.9 Å². The lowest BCUT2D eigenvalue weighted by atomic mass is 10.2. The van der Waals surface area contributed by atoms with E-state index in [1.165, 1.54) is 17.5 Å². The van der Waals surface area contributed by atoms with Gasteiger partial charge in [0.1, 0.15) is 17.0 Å². The van der Waals surface area contributed by atoms with Crippen LogP contribution in [0, 0.1) is 6.92 Å². The third kappa shape index (κ3) is 4.17. The van der Waals surface area contributed by atoms with Gasteiger partial charge in [-0.05, 0) is 44.2 Å². The number of carbonyl (C=O) groups excluding carboxylic acids is 2. The first-order valence-electron chi connectivity index (χ1n) is 9.82. The highest BCUT2D eigenvalue weighted by atomic mass is 32.1. The van der Waals surface area contributed by atoms with Crippen molar-refractivity contribution in [3.8, 4) is 5.75 Å². The minimum absolute atomic E-state index is 0.148. The predicted octanol–water partition coefficient (Wildman–Crippen LogP) is 3.14. The highest BCUT2D eigenvalue weighted by Gasteiger charge is 2.19. The van der Waals surface area contributed by atoms with Crippen LogP contribution in [0.5, 0.6) is 5.75 Å². The molecule has 3 heterocycles. The number of amides is 1. The zero-order valence-corrected chi connectivity index (χ0v) is 18.5. The Hall–Kier alpha value is -3.79. The first-order valence-corrected chi connectivity index (χ1v) is 10.6. The fourth-order valence-electron chi connectivity index (χ4n) is 3.20. The molecule has 0 aliphatic rings. The van der Waals surface area contributed by atoms with Crippen LogP contribution in [-0.4, -0.2) is 40.1 Å². The van der Waals surface area contributed by atoms with Gasteiger partial charge in [-0.1, -0.05) is 11.3 Å². The molecule has 9 nitrogen and oxygen atoms in total. The standard InChI is InChI=1S/C22H20N4O5S/c1-4-26-10-15(19(28)14-7-5-12(2)23-20(14)26)21(29)31-11-18(27)25-22-24-16-8-6-13(30-3)9-17(16)32-22/h5-10H,4,11H2,1-3H3,(H,24,25,27). The third-order valence-electron chi connectivity index (χ3n) is 4.80. The molecule has 0 radical (unpaired) electrons. The van der Waals surface area contributed by atoms with Crippen LogP contribution in [0.1, 0.15) is 23.0 Å². The number of esters is 1. The van der Waals surface area contributed by atoms with Crippen LogP contribution in [0.2, 0.25) is 0 Å². The van der Waals surface area contributed by atoms with E-state index >= 15 is 0 Å². The Balaban J connectivity index is 1.48. The average molecular weight is 452 g/mol. The normalized spacial score (nSPS) is 11.0. The second kappa shape index (κ2) is 8.75. The van der Waals surface area contributed by atoms with Gasteiger partial charge in [0, 0.05) is 18.4 Å². The minimum Gasteiger partial charge on any atom is -0.497 e. The number of nitrogens with zero attached hydrogens (tertiary/aromatic N) is 3. The van der Waals surface area contributed by atoms with E-state index < -0.39 is 23.9 Å². The Morgan fingerprint density at radius 2 is 2.00 bits per heavy atom. The summed E-state index contributed by atoms with van der Waals surface area (Å²) in [6.07, 6.45) is 1.41. The molecule has 1 N–H and O–H groups in total. The van der Waals surface area contributed by atoms with Gasteiger partial charge in [0.15, 0.2) is 11.7 Å². The van der Waals surface area contributed by atoms with E-state index in [2.05, 4.69) is 15.3 Å². The lowest BCUT2D eigenvalue weighted by molar-refractivity contribution is -0.119. The molecule has 10 heteroatoms. The molecule has 164 valence electrons. The number of hydrogen-bond donors (Lipinski definition) is 1. The lowest BCUT2D eigenvalue weighted by Gasteiger charge is -2.11. The summed E-state index contributed by atoms with van der Waals surface area (Å²) < 4.78 is 12.8. The van der Waals surface area contributed by atoms with Crippen molar-refractivity contribution >= 4 is 49.6 Å². The molecule has 0 aliphatic carbocycles. The van der Waals surface area contributed by atoms with Crippen LogP contribution in [0.15, 0.2) is 41.3 Å². The number of nitrogens with one attached hydrogen (secondary N) is 1. The van der Waals surface area contributed by atoms with Gasteiger partial charge in [0.2, 0.25) is 5.43 Å². The molecule has 0 spiro atoms. The Morgan fingerprint density at radius 3 is 2.75 bits per heavy atom. The summed E-state index contributed by atoms with van der Waals surface area (Å²) in [7, 11) is 1.57. The van der Waals surface area contributed by atoms with E-state index in [-0.39, 0.29) is 5.56 Å². The zero-order valence-electron chi connectivity index (χ0n) is 17.7. The van der Waals surface area contributed by atoms with Crippen molar-refractivity contribution < 1.29 is 19.1 Å². The van der Waals surface area contributed by atoms with Crippen molar-refractivity contribution in [3.05, 3.63) is 58.0 Å². The maximum atomic E-state index is 12.8. The van der Waals surface area contributed by atoms with Crippen LogP contribution in [0.3, 0.4) is 0 Å². The maximum absolute atomic E-state index is 12.8. The number of hydrogen-bond acceptors (Lipinski definition) is 8. The topological polar surface area (TPSA) is 112 Å². The van der Waals surface area contributed by atoms with Gasteiger partial charge >= 0.3 is 5.97 Å². The Morgan fingerprint density at radius 1 is 1.19 bits per heavy atom. The summed E-state index contributed by atoms with van der Waals surface area (Å²) in [4.78, 5) is 46.3. The van der Waals surface area contributed by atoms with Crippen LogP contribution < -0.4 is 15.5 Å². The molecule has 0 aliphatic heterocycles. The van der Waals surface area contributed by atoms with E-state index in [4.69, 9.17) is 9.47 Å². The summed E-state index contributed by atoms with van der Waals surface area (Å²) in [5.41, 5.74) is 1.34. The molecule has 0 fully saturated rings. The summed E-state index contributed by atoms with van der Waals surface area (Å²) in [6.45, 7) is 3.67. The number of carbonyl (C=O) groups is 2. The third-order valence-corrected chi connectivity index (χ3v) is 5.73. The zero-order chi connectivity index (χ0) is 22.8. The number of ether oxygens (including phenoxy) is 2. The van der Waals surface area contributed by atoms with Crippen LogP contribution in [-0.2, 0) is 16.1 Å². The number of anilines is 1. The highest BCUT2D eigenvalue weighted by molar-refractivity contribution is 7.22. The summed E-state index contributed by atoms with van der Waals surface area (Å²) in [5, 5.41) is 3.30. The Bertz CT molecular complexity index is 1410. The van der Waals surface area contributed by atoms with Crippen molar-refractivity contribution in [1.29, 1.82) is 0 Å². The van der Waals surface area contributed by atoms with E-state index in [9.17, 15) is 14.4 Å². The molecule has 4 aromatic rings. The quantitative estimate of drug-likeness (QED) is 0.447. The summed E-state index contributed by atoms with van der Waals surface area (Å²) in [6, 6.07) is 8.73. The number of thiazole rings is 1. The van der Waals surface area contributed by atoms with Gasteiger partial charge < -0.3 is 14.0 Å². The van der Waals surface area contributed by atoms with Crippen molar-refractivity contribution in [2.75, 3.05) is 19.0 Å². The highest BCUT2D eigenvalue weighted by Crippen LogP contribution is 2.29. The number of fused-ring (bicyclic) bond motifs is 2. The SMILES string of the molecule is CCn1cc(C(=O)OCC(=O)Nc2nc3ccc(OC)cc3s2)c(=O)c2ccc(C)nc21. The number of pyridine rings is 2. The average Bonchev–Trinajstić information content (AvgIpc) is 3.18. The summed E-state index contributed by atoms with van der Waals surface area (Å²) >= 11 is 1.27. The van der Waals surface area contributed by atoms with Crippen molar-refractivity contribution in [1.82, 2.24) is 14.5 Å². The largest absolute Gasteiger partial charge is 0.497 e. The maximum Gasteiger partial charge on any atom is 0.344 e. The van der Waals surface area contributed by atoms with Crippen molar-refractivity contribution in [2.24, 2.45) is 0 Å². The lowest BCUT2D eigenvalue weighted by Crippen LogP contribution is -2.25. The van der Waals surface area contributed by atoms with Gasteiger partial charge in [0.05, 0.1) is 22.7 Å². The van der Waals surface area contributed by atoms with Crippen LogP contribution in [0.4, 0.5) is 5.13 Å². The molecule has 4 rings (SSSR count). The fourth-order valence-corrected chi connectivity index (χ4v) is 4.11. The van der Waals surface area contributed by atoms with Crippen molar-refractivity contribution in [2.45, 2.75) is 20.4 Å². The molecule has 0 bridgehead atoms. The Kier molecular flexibility index (Phi) is 5.87. The molecule has 3 aromatic heterocycles. The second-order valence-electron chi connectivity index (χ2n) is 6.96. The first kappa shape index (κ1) is 21.4. The van der Waals surface area contributed by atoms with E-state index in [0.29, 0.717) is 34.0 Å². The molecule has 0 saturated carbocycles. The van der Waals surface area contributed by atoms with Crippen LogP contribution in [0.25, 0.3) is 21.3 Å². The number of aryl methyl sites for hydroxylation is 2. The van der Waals surface area contributed by atoms with Gasteiger partial charge in [-0.2, -0.15) is 0 Å². The molecule has 1 aromatic carbocycles. The number of aromatic nitrogens is 3.